The van der Waals surface area contributed by atoms with Gasteiger partial charge in [-0.05, 0) is 42.0 Å². The van der Waals surface area contributed by atoms with Gasteiger partial charge >= 0.3 is 0 Å². The fourth-order valence-electron chi connectivity index (χ4n) is 3.11. The van der Waals surface area contributed by atoms with E-state index in [1.54, 1.807) is 23.2 Å². The van der Waals surface area contributed by atoms with Crippen LogP contribution in [0.4, 0.5) is 0 Å². The lowest BCUT2D eigenvalue weighted by Crippen LogP contribution is -2.42. The van der Waals surface area contributed by atoms with Crippen LogP contribution < -0.4 is 4.74 Å². The number of rotatable bonds is 4. The highest BCUT2D eigenvalue weighted by atomic mass is 79.9. The van der Waals surface area contributed by atoms with Gasteiger partial charge in [-0.3, -0.25) is 4.79 Å². The van der Waals surface area contributed by atoms with Crippen molar-refractivity contribution < 1.29 is 14.3 Å². The topological polar surface area (TPSA) is 51.7 Å². The van der Waals surface area contributed by atoms with Crippen molar-refractivity contribution in [2.24, 2.45) is 0 Å². The Bertz CT molecular complexity index is 996. The first-order chi connectivity index (χ1) is 14.1. The van der Waals surface area contributed by atoms with Gasteiger partial charge in [0.25, 0.3) is 5.91 Å². The van der Waals surface area contributed by atoms with Crippen LogP contribution in [-0.2, 0) is 4.74 Å². The van der Waals surface area contributed by atoms with Gasteiger partial charge in [-0.25, -0.2) is 4.98 Å². The molecule has 1 aromatic heterocycles. The molecule has 1 saturated heterocycles. The van der Waals surface area contributed by atoms with E-state index in [4.69, 9.17) is 21.1 Å². The number of halogens is 2. The maximum absolute atomic E-state index is 12.9. The second kappa shape index (κ2) is 8.95. The summed E-state index contributed by atoms with van der Waals surface area (Å²) in [5.41, 5.74) is 1.52. The quantitative estimate of drug-likeness (QED) is 0.502. The molecule has 0 radical (unpaired) electrons. The van der Waals surface area contributed by atoms with E-state index in [1.807, 2.05) is 48.5 Å². The van der Waals surface area contributed by atoms with Crippen molar-refractivity contribution in [3.8, 4) is 11.6 Å². The Labute approximate surface area is 182 Å². The number of carbonyl (C=O) groups is 1. The molecule has 4 rings (SSSR count). The standard InChI is InChI=1S/C22H18BrClN2O3/c23-17-2-1-3-19(12-17)29-21-9-6-16(13-25-21)22(27)26-10-11-28-20(14-26)15-4-7-18(24)8-5-15/h1-9,12-13,20H,10-11,14H2. The summed E-state index contributed by atoms with van der Waals surface area (Å²) in [6.07, 6.45) is 1.37. The first kappa shape index (κ1) is 19.9. The van der Waals surface area contributed by atoms with Gasteiger partial charge in [0, 0.05) is 28.3 Å². The van der Waals surface area contributed by atoms with Gasteiger partial charge < -0.3 is 14.4 Å². The van der Waals surface area contributed by atoms with Crippen LogP contribution in [0.1, 0.15) is 22.0 Å². The van der Waals surface area contributed by atoms with Gasteiger partial charge in [0.05, 0.1) is 18.7 Å². The van der Waals surface area contributed by atoms with Crippen molar-refractivity contribution in [1.29, 1.82) is 0 Å². The van der Waals surface area contributed by atoms with E-state index in [9.17, 15) is 4.79 Å². The van der Waals surface area contributed by atoms with Gasteiger partial charge in [-0.15, -0.1) is 0 Å². The molecular weight excluding hydrogens is 456 g/mol. The second-order valence-corrected chi connectivity index (χ2v) is 7.96. The van der Waals surface area contributed by atoms with Crippen LogP contribution in [0, 0.1) is 0 Å². The highest BCUT2D eigenvalue weighted by Crippen LogP contribution is 2.26. The molecule has 5 nitrogen and oxygen atoms in total. The summed E-state index contributed by atoms with van der Waals surface area (Å²) in [5, 5.41) is 0.675. The molecule has 1 aliphatic heterocycles. The fourth-order valence-corrected chi connectivity index (χ4v) is 3.62. The summed E-state index contributed by atoms with van der Waals surface area (Å²) in [7, 11) is 0. The number of aromatic nitrogens is 1. The summed E-state index contributed by atoms with van der Waals surface area (Å²) in [6, 6.07) is 18.4. The van der Waals surface area contributed by atoms with Gasteiger partial charge in [0.1, 0.15) is 11.9 Å². The summed E-state index contributed by atoms with van der Waals surface area (Å²) in [5.74, 6) is 1.03. The predicted molar refractivity (Wildman–Crippen MR) is 115 cm³/mol. The fraction of sp³-hybridized carbons (Fsp3) is 0.182. The van der Waals surface area contributed by atoms with Crippen molar-refractivity contribution in [3.05, 3.63) is 87.5 Å². The van der Waals surface area contributed by atoms with E-state index in [0.29, 0.717) is 41.9 Å². The van der Waals surface area contributed by atoms with Gasteiger partial charge in [-0.2, -0.15) is 0 Å². The highest BCUT2D eigenvalue weighted by Gasteiger charge is 2.26. The van der Waals surface area contributed by atoms with Crippen LogP contribution in [0.2, 0.25) is 5.02 Å². The monoisotopic (exact) mass is 472 g/mol. The number of carbonyl (C=O) groups excluding carboxylic acids is 1. The third-order valence-electron chi connectivity index (χ3n) is 4.60. The summed E-state index contributed by atoms with van der Waals surface area (Å²) in [6.45, 7) is 1.51. The first-order valence-corrected chi connectivity index (χ1v) is 10.3. The molecule has 3 aromatic rings. The number of hydrogen-bond donors (Lipinski definition) is 0. The number of benzene rings is 2. The zero-order chi connectivity index (χ0) is 20.2. The molecule has 1 unspecified atom stereocenters. The lowest BCUT2D eigenvalue weighted by Gasteiger charge is -2.33. The molecule has 1 atom stereocenters. The molecule has 0 N–H and O–H groups in total. The number of pyridine rings is 1. The average molecular weight is 474 g/mol. The minimum absolute atomic E-state index is 0.0752. The van der Waals surface area contributed by atoms with E-state index >= 15 is 0 Å². The van der Waals surface area contributed by atoms with E-state index in [0.717, 1.165) is 10.0 Å². The molecule has 2 heterocycles. The molecule has 2 aromatic carbocycles. The normalized spacial score (nSPS) is 16.5. The van der Waals surface area contributed by atoms with Gasteiger partial charge in [-0.1, -0.05) is 45.7 Å². The molecule has 7 heteroatoms. The Morgan fingerprint density at radius 2 is 2.00 bits per heavy atom. The smallest absolute Gasteiger partial charge is 0.255 e. The third-order valence-corrected chi connectivity index (χ3v) is 5.34. The molecule has 1 amide bonds. The number of ether oxygens (including phenoxy) is 2. The van der Waals surface area contributed by atoms with Crippen molar-refractivity contribution in [2.75, 3.05) is 19.7 Å². The lowest BCUT2D eigenvalue weighted by atomic mass is 10.1. The predicted octanol–water partition coefficient (Wildman–Crippen LogP) is 5.50. The molecule has 0 saturated carbocycles. The van der Waals surface area contributed by atoms with E-state index < -0.39 is 0 Å². The summed E-state index contributed by atoms with van der Waals surface area (Å²) in [4.78, 5) is 19.0. The van der Waals surface area contributed by atoms with Crippen LogP contribution >= 0.6 is 27.5 Å². The number of hydrogen-bond acceptors (Lipinski definition) is 4. The SMILES string of the molecule is O=C(c1ccc(Oc2cccc(Br)c2)nc1)N1CCOC(c2ccc(Cl)cc2)C1. The maximum atomic E-state index is 12.9. The number of amides is 1. The molecule has 1 aliphatic rings. The molecule has 1 fully saturated rings. The Morgan fingerprint density at radius 1 is 1.17 bits per heavy atom. The van der Waals surface area contributed by atoms with Crippen LogP contribution in [0.15, 0.2) is 71.3 Å². The number of morpholine rings is 1. The van der Waals surface area contributed by atoms with Crippen LogP contribution in [-0.4, -0.2) is 35.5 Å². The minimum atomic E-state index is -0.169. The van der Waals surface area contributed by atoms with Crippen molar-refractivity contribution >= 4 is 33.4 Å². The van der Waals surface area contributed by atoms with Crippen LogP contribution in [0.5, 0.6) is 11.6 Å². The molecule has 0 bridgehead atoms. The molecule has 0 spiro atoms. The largest absolute Gasteiger partial charge is 0.439 e. The van der Waals surface area contributed by atoms with E-state index in [1.165, 1.54) is 0 Å². The molecule has 148 valence electrons. The van der Waals surface area contributed by atoms with E-state index in [-0.39, 0.29) is 12.0 Å². The minimum Gasteiger partial charge on any atom is -0.439 e. The zero-order valence-corrected chi connectivity index (χ0v) is 17.8. The summed E-state index contributed by atoms with van der Waals surface area (Å²) < 4.78 is 12.5. The average Bonchev–Trinajstić information content (AvgIpc) is 2.74. The summed E-state index contributed by atoms with van der Waals surface area (Å²) >= 11 is 9.36. The maximum Gasteiger partial charge on any atom is 0.255 e. The van der Waals surface area contributed by atoms with Gasteiger partial charge in [0.15, 0.2) is 0 Å². The molecule has 29 heavy (non-hydrogen) atoms. The van der Waals surface area contributed by atoms with Gasteiger partial charge in [0.2, 0.25) is 5.88 Å². The van der Waals surface area contributed by atoms with Crippen molar-refractivity contribution in [1.82, 2.24) is 9.88 Å². The van der Waals surface area contributed by atoms with Crippen LogP contribution in [0.3, 0.4) is 0 Å². The Hall–Kier alpha value is -2.41. The second-order valence-electron chi connectivity index (χ2n) is 6.61. The van der Waals surface area contributed by atoms with E-state index in [2.05, 4.69) is 20.9 Å². The Morgan fingerprint density at radius 3 is 2.72 bits per heavy atom. The van der Waals surface area contributed by atoms with Crippen molar-refractivity contribution in [3.63, 3.8) is 0 Å². The lowest BCUT2D eigenvalue weighted by molar-refractivity contribution is -0.0228. The third kappa shape index (κ3) is 4.96. The zero-order valence-electron chi connectivity index (χ0n) is 15.4. The number of nitrogens with zero attached hydrogens (tertiary/aromatic N) is 2. The Balaban J connectivity index is 1.42. The Kier molecular flexibility index (Phi) is 6.13. The van der Waals surface area contributed by atoms with Crippen molar-refractivity contribution in [2.45, 2.75) is 6.10 Å². The first-order valence-electron chi connectivity index (χ1n) is 9.14. The molecule has 0 aliphatic carbocycles. The van der Waals surface area contributed by atoms with Crippen LogP contribution in [0.25, 0.3) is 0 Å². The highest BCUT2D eigenvalue weighted by molar-refractivity contribution is 9.10. The molecular formula is C22H18BrClN2O3.